The molecule has 2 aromatic heterocycles. The van der Waals surface area contributed by atoms with E-state index >= 15 is 0 Å². The molecule has 0 radical (unpaired) electrons. The zero-order valence-corrected chi connectivity index (χ0v) is 24.1. The first kappa shape index (κ1) is 40.6. The van der Waals surface area contributed by atoms with E-state index in [4.69, 9.17) is 39.2 Å². The second-order valence-electron chi connectivity index (χ2n) is 9.48. The molecule has 2 atom stereocenters. The van der Waals surface area contributed by atoms with E-state index in [0.29, 0.717) is 17.9 Å². The van der Waals surface area contributed by atoms with Crippen molar-refractivity contribution in [2.24, 2.45) is 0 Å². The third kappa shape index (κ3) is 15.1. The van der Waals surface area contributed by atoms with Gasteiger partial charge in [0.15, 0.2) is 0 Å². The van der Waals surface area contributed by atoms with E-state index in [1.807, 2.05) is 12.1 Å². The average molecular weight is 698 g/mol. The molecule has 4 rings (SSSR count). The molecule has 2 aliphatic heterocycles. The molecule has 0 saturated carbocycles. The number of nitrogens with one attached hydrogen (secondary N) is 1. The highest BCUT2D eigenvalue weighted by Gasteiger charge is 2.43. The first-order valence-electron chi connectivity index (χ1n) is 12.9. The molecule has 2 saturated heterocycles. The Morgan fingerprint density at radius 1 is 0.915 bits per heavy atom. The van der Waals surface area contributed by atoms with Crippen molar-refractivity contribution < 1.29 is 78.7 Å². The Morgan fingerprint density at radius 2 is 1.40 bits per heavy atom. The van der Waals surface area contributed by atoms with Gasteiger partial charge in [0.2, 0.25) is 11.8 Å². The SMILES string of the molecule is COc1ncccc1CN1CC[C@@]2(C[C@H](Nc3ncccn3)CCO2)C1.O=C(O)C(F)(F)F.O=C(O)C(F)(F)F.O=C(O)C(F)(F)F. The minimum absolute atomic E-state index is 0.0832. The minimum atomic E-state index is -5.08. The van der Waals surface area contributed by atoms with E-state index in [1.165, 1.54) is 0 Å². The molecule has 2 aliphatic rings. The maximum Gasteiger partial charge on any atom is 0.490 e. The van der Waals surface area contributed by atoms with Crippen LogP contribution < -0.4 is 10.1 Å². The van der Waals surface area contributed by atoms with Crippen LogP contribution in [0.25, 0.3) is 0 Å². The van der Waals surface area contributed by atoms with Crippen LogP contribution in [0, 0.1) is 0 Å². The van der Waals surface area contributed by atoms with Crippen LogP contribution in [0.2, 0.25) is 0 Å². The number of alkyl halides is 9. The van der Waals surface area contributed by atoms with Crippen molar-refractivity contribution in [2.45, 2.75) is 56.0 Å². The van der Waals surface area contributed by atoms with E-state index in [2.05, 4.69) is 31.2 Å². The molecule has 0 unspecified atom stereocenters. The fourth-order valence-electron chi connectivity index (χ4n) is 4.02. The van der Waals surface area contributed by atoms with Crippen molar-refractivity contribution in [1.82, 2.24) is 19.9 Å². The predicted molar refractivity (Wildman–Crippen MR) is 139 cm³/mol. The summed E-state index contributed by atoms with van der Waals surface area (Å²) in [6.07, 6.45) is -6.95. The van der Waals surface area contributed by atoms with Gasteiger partial charge in [-0.1, -0.05) is 6.07 Å². The largest absolute Gasteiger partial charge is 0.490 e. The van der Waals surface area contributed by atoms with Gasteiger partial charge in [0, 0.05) is 56.4 Å². The van der Waals surface area contributed by atoms with Crippen LogP contribution in [0.15, 0.2) is 36.8 Å². The lowest BCUT2D eigenvalue weighted by Gasteiger charge is -2.38. The van der Waals surface area contributed by atoms with Gasteiger partial charge in [0.05, 0.1) is 12.7 Å². The van der Waals surface area contributed by atoms with Crippen LogP contribution in [0.5, 0.6) is 5.88 Å². The van der Waals surface area contributed by atoms with Crippen molar-refractivity contribution >= 4 is 23.9 Å². The maximum atomic E-state index is 10.6. The second-order valence-corrected chi connectivity index (χ2v) is 9.48. The second kappa shape index (κ2) is 17.4. The summed E-state index contributed by atoms with van der Waals surface area (Å²) in [4.78, 5) is 42.0. The van der Waals surface area contributed by atoms with Gasteiger partial charge in [0.1, 0.15) is 0 Å². The number of carboxylic acids is 3. The number of carbonyl (C=O) groups is 3. The van der Waals surface area contributed by atoms with Crippen molar-refractivity contribution in [2.75, 3.05) is 32.1 Å². The molecule has 2 fully saturated rings. The summed E-state index contributed by atoms with van der Waals surface area (Å²) in [5.41, 5.74) is 1.04. The van der Waals surface area contributed by atoms with Gasteiger partial charge >= 0.3 is 36.4 Å². The molecule has 0 amide bonds. The number of rotatable bonds is 5. The fourth-order valence-corrected chi connectivity index (χ4v) is 4.02. The molecular formula is C25H28F9N5O8. The van der Waals surface area contributed by atoms with Crippen molar-refractivity contribution in [3.05, 3.63) is 42.4 Å². The van der Waals surface area contributed by atoms with Gasteiger partial charge < -0.3 is 30.1 Å². The molecule has 1 spiro atoms. The van der Waals surface area contributed by atoms with Gasteiger partial charge in [-0.05, 0) is 31.4 Å². The summed E-state index contributed by atoms with van der Waals surface area (Å²) in [7, 11) is 1.67. The molecule has 4 heterocycles. The Kier molecular flexibility index (Phi) is 15.1. The lowest BCUT2D eigenvalue weighted by molar-refractivity contribution is -0.193. The Hall–Kier alpha value is -4.47. The summed E-state index contributed by atoms with van der Waals surface area (Å²) >= 11 is 0. The zero-order chi connectivity index (χ0) is 36.1. The quantitative estimate of drug-likeness (QED) is 0.329. The van der Waals surface area contributed by atoms with Gasteiger partial charge in [-0.15, -0.1) is 0 Å². The van der Waals surface area contributed by atoms with Crippen LogP contribution in [0.1, 0.15) is 24.8 Å². The maximum absolute atomic E-state index is 10.6. The Bertz CT molecular complexity index is 1240. The third-order valence-corrected chi connectivity index (χ3v) is 5.95. The van der Waals surface area contributed by atoms with Crippen LogP contribution in [-0.2, 0) is 25.7 Å². The monoisotopic (exact) mass is 697 g/mol. The number of aliphatic carboxylic acids is 3. The van der Waals surface area contributed by atoms with E-state index in [1.54, 1.807) is 25.7 Å². The Balaban J connectivity index is 0.000000430. The molecule has 0 aromatic carbocycles. The topological polar surface area (TPSA) is 184 Å². The number of nitrogens with zero attached hydrogens (tertiary/aromatic N) is 4. The number of hydrogen-bond acceptors (Lipinski definition) is 10. The molecule has 13 nitrogen and oxygen atoms in total. The van der Waals surface area contributed by atoms with Gasteiger partial charge in [-0.2, -0.15) is 39.5 Å². The lowest BCUT2D eigenvalue weighted by atomic mass is 9.89. The minimum Gasteiger partial charge on any atom is -0.481 e. The Labute approximate surface area is 259 Å². The highest BCUT2D eigenvalue weighted by atomic mass is 19.4. The lowest BCUT2D eigenvalue weighted by Crippen LogP contribution is -2.46. The highest BCUT2D eigenvalue weighted by Crippen LogP contribution is 2.36. The number of ether oxygens (including phenoxy) is 2. The van der Waals surface area contributed by atoms with E-state index in [9.17, 15) is 39.5 Å². The summed E-state index contributed by atoms with van der Waals surface area (Å²) in [6, 6.07) is 6.22. The van der Waals surface area contributed by atoms with Crippen LogP contribution in [0.3, 0.4) is 0 Å². The fraction of sp³-hybridized carbons (Fsp3) is 0.520. The smallest absolute Gasteiger partial charge is 0.481 e. The normalized spacial score (nSPS) is 19.5. The number of carboxylic acid groups (broad SMARTS) is 3. The molecular weight excluding hydrogens is 669 g/mol. The van der Waals surface area contributed by atoms with Crippen molar-refractivity contribution in [1.29, 1.82) is 0 Å². The number of halogens is 9. The van der Waals surface area contributed by atoms with Crippen molar-refractivity contribution in [3.63, 3.8) is 0 Å². The van der Waals surface area contributed by atoms with Gasteiger partial charge in [0.25, 0.3) is 0 Å². The number of aromatic nitrogens is 3. The number of anilines is 1. The first-order chi connectivity index (χ1) is 21.6. The summed E-state index contributed by atoms with van der Waals surface area (Å²) in [5, 5.41) is 24.8. The Morgan fingerprint density at radius 3 is 1.87 bits per heavy atom. The molecule has 264 valence electrons. The van der Waals surface area contributed by atoms with Crippen molar-refractivity contribution in [3.8, 4) is 5.88 Å². The van der Waals surface area contributed by atoms with Gasteiger partial charge in [-0.3, -0.25) is 4.90 Å². The highest BCUT2D eigenvalue weighted by molar-refractivity contribution is 5.73. The summed E-state index contributed by atoms with van der Waals surface area (Å²) < 4.78 is 107. The molecule has 0 bridgehead atoms. The van der Waals surface area contributed by atoms with E-state index in [0.717, 1.165) is 51.1 Å². The number of hydrogen-bond donors (Lipinski definition) is 4. The van der Waals surface area contributed by atoms with E-state index < -0.39 is 36.4 Å². The van der Waals surface area contributed by atoms with E-state index in [-0.39, 0.29) is 5.60 Å². The number of methoxy groups -OCH3 is 1. The molecule has 4 N–H and O–H groups in total. The molecule has 47 heavy (non-hydrogen) atoms. The van der Waals surface area contributed by atoms with Crippen LogP contribution in [0.4, 0.5) is 45.5 Å². The standard InChI is InChI=1S/C19H25N5O2.3C2HF3O2/c1-25-17-15(4-2-7-20-17)13-24-10-6-19(14-24)12-16(5-11-26-19)23-18-21-8-3-9-22-18;3*3-2(4,5)1(6)7/h2-4,7-9,16H,5-6,10-14H2,1H3,(H,21,22,23);3*(H,6,7)/t16-,19-;;;/m1.../s1. The average Bonchev–Trinajstić information content (AvgIpc) is 3.34. The first-order valence-corrected chi connectivity index (χ1v) is 12.9. The third-order valence-electron chi connectivity index (χ3n) is 5.95. The summed E-state index contributed by atoms with van der Waals surface area (Å²) in [6.45, 7) is 3.56. The van der Waals surface area contributed by atoms with Gasteiger partial charge in [-0.25, -0.2) is 29.3 Å². The summed E-state index contributed by atoms with van der Waals surface area (Å²) in [5.74, 6) is -6.87. The molecule has 2 aromatic rings. The zero-order valence-electron chi connectivity index (χ0n) is 24.1. The molecule has 22 heteroatoms. The number of pyridine rings is 1. The molecule has 0 aliphatic carbocycles. The number of likely N-dealkylation sites (tertiary alicyclic amines) is 1. The van der Waals surface area contributed by atoms with Crippen LogP contribution in [-0.4, -0.2) is 110 Å². The van der Waals surface area contributed by atoms with Crippen LogP contribution >= 0.6 is 0 Å². The predicted octanol–water partition coefficient (Wildman–Crippen LogP) is 4.02.